The van der Waals surface area contributed by atoms with Crippen molar-refractivity contribution in [3.63, 3.8) is 0 Å². The summed E-state index contributed by atoms with van der Waals surface area (Å²) in [4.78, 5) is 23.2. The Morgan fingerprint density at radius 1 is 1.13 bits per heavy atom. The average molecular weight is 321 g/mol. The van der Waals surface area contributed by atoms with E-state index in [1.165, 1.54) is 18.2 Å². The van der Waals surface area contributed by atoms with Crippen molar-refractivity contribution in [2.24, 2.45) is 0 Å². The van der Waals surface area contributed by atoms with Gasteiger partial charge in [0.1, 0.15) is 17.4 Å². The largest absolute Gasteiger partial charge is 0.450 e. The second kappa shape index (κ2) is 7.35. The molecule has 2 aromatic rings. The first kappa shape index (κ1) is 16.4. The van der Waals surface area contributed by atoms with E-state index < -0.39 is 29.3 Å². The third-order valence-corrected chi connectivity index (χ3v) is 2.72. The second-order valence-corrected chi connectivity index (χ2v) is 4.39. The van der Waals surface area contributed by atoms with Crippen LogP contribution in [-0.4, -0.2) is 18.7 Å². The zero-order valence-corrected chi connectivity index (χ0v) is 12.1. The molecule has 0 radical (unpaired) electrons. The van der Waals surface area contributed by atoms with Crippen LogP contribution >= 0.6 is 0 Å². The van der Waals surface area contributed by atoms with Gasteiger partial charge in [0.05, 0.1) is 12.2 Å². The van der Waals surface area contributed by atoms with Gasteiger partial charge in [0, 0.05) is 17.8 Å². The highest BCUT2D eigenvalue weighted by Crippen LogP contribution is 2.20. The van der Waals surface area contributed by atoms with Crippen molar-refractivity contribution in [1.82, 2.24) is 0 Å². The van der Waals surface area contributed by atoms with Crippen LogP contribution in [0.3, 0.4) is 0 Å². The van der Waals surface area contributed by atoms with Gasteiger partial charge >= 0.3 is 12.1 Å². The molecule has 0 spiro atoms. The summed E-state index contributed by atoms with van der Waals surface area (Å²) in [7, 11) is 0. The number of ether oxygens (including phenoxy) is 2. The Kier molecular flexibility index (Phi) is 5.24. The first-order chi connectivity index (χ1) is 11.0. The molecule has 5 nitrogen and oxygen atoms in total. The third-order valence-electron chi connectivity index (χ3n) is 2.72. The first-order valence-corrected chi connectivity index (χ1v) is 6.70. The Balaban J connectivity index is 2.10. The topological polar surface area (TPSA) is 64.6 Å². The second-order valence-electron chi connectivity index (χ2n) is 4.39. The number of hydrogen-bond donors (Lipinski definition) is 1. The maximum atomic E-state index is 13.5. The average Bonchev–Trinajstić information content (AvgIpc) is 2.47. The number of benzene rings is 2. The fourth-order valence-corrected chi connectivity index (χ4v) is 1.74. The molecule has 1 N–H and O–H groups in total. The fourth-order valence-electron chi connectivity index (χ4n) is 1.74. The van der Waals surface area contributed by atoms with Crippen LogP contribution < -0.4 is 10.1 Å². The monoisotopic (exact) mass is 321 g/mol. The normalized spacial score (nSPS) is 10.0. The molecule has 0 aromatic heterocycles. The third kappa shape index (κ3) is 4.50. The lowest BCUT2D eigenvalue weighted by molar-refractivity contribution is 0.0730. The lowest BCUT2D eigenvalue weighted by Gasteiger charge is -2.08. The van der Waals surface area contributed by atoms with Gasteiger partial charge in [-0.1, -0.05) is 6.07 Å². The molecule has 0 atom stereocenters. The minimum Gasteiger partial charge on any atom is -0.450 e. The summed E-state index contributed by atoms with van der Waals surface area (Å²) < 4.78 is 36.1. The van der Waals surface area contributed by atoms with Gasteiger partial charge in [-0.15, -0.1) is 0 Å². The minimum atomic E-state index is -1.02. The predicted octanol–water partition coefficient (Wildman–Crippen LogP) is 3.75. The molecule has 2 aromatic carbocycles. The van der Waals surface area contributed by atoms with Gasteiger partial charge < -0.3 is 9.47 Å². The maximum Gasteiger partial charge on any atom is 0.411 e. The Bertz CT molecular complexity index is 734. The van der Waals surface area contributed by atoms with Gasteiger partial charge in [-0.2, -0.15) is 0 Å². The zero-order valence-electron chi connectivity index (χ0n) is 12.1. The van der Waals surface area contributed by atoms with Crippen LogP contribution in [0.4, 0.5) is 19.3 Å². The highest BCUT2D eigenvalue weighted by molar-refractivity contribution is 5.91. The van der Waals surface area contributed by atoms with Crippen molar-refractivity contribution in [3.05, 3.63) is 59.7 Å². The lowest BCUT2D eigenvalue weighted by Crippen LogP contribution is -2.14. The number of carbonyl (C=O) groups excluding carboxylic acids is 2. The first-order valence-electron chi connectivity index (χ1n) is 6.70. The number of hydrogen-bond acceptors (Lipinski definition) is 4. The van der Waals surface area contributed by atoms with Gasteiger partial charge in [0.2, 0.25) is 0 Å². The zero-order chi connectivity index (χ0) is 16.8. The molecule has 0 aliphatic rings. The summed E-state index contributed by atoms with van der Waals surface area (Å²) in [5.74, 6) is -2.70. The maximum absolute atomic E-state index is 13.5. The summed E-state index contributed by atoms with van der Waals surface area (Å²) in [6.07, 6.45) is -0.652. The Morgan fingerprint density at radius 2 is 1.91 bits per heavy atom. The molecule has 1 amide bonds. The van der Waals surface area contributed by atoms with Crippen LogP contribution in [0, 0.1) is 11.6 Å². The molecule has 0 unspecified atom stereocenters. The van der Waals surface area contributed by atoms with E-state index >= 15 is 0 Å². The molecule has 120 valence electrons. The van der Waals surface area contributed by atoms with E-state index in [2.05, 4.69) is 5.32 Å². The van der Waals surface area contributed by atoms with Crippen molar-refractivity contribution in [3.8, 4) is 5.75 Å². The summed E-state index contributed by atoms with van der Waals surface area (Å²) in [5.41, 5.74) is -0.0523. The Labute approximate surface area is 130 Å². The van der Waals surface area contributed by atoms with Crippen LogP contribution in [0.5, 0.6) is 5.75 Å². The number of rotatable bonds is 4. The Morgan fingerprint density at radius 3 is 2.61 bits per heavy atom. The van der Waals surface area contributed by atoms with Crippen LogP contribution in [0.15, 0.2) is 42.5 Å². The highest BCUT2D eigenvalue weighted by atomic mass is 19.1. The van der Waals surface area contributed by atoms with E-state index in [9.17, 15) is 18.4 Å². The molecule has 23 heavy (non-hydrogen) atoms. The van der Waals surface area contributed by atoms with Crippen LogP contribution in [0.1, 0.15) is 17.3 Å². The molecule has 0 saturated heterocycles. The van der Waals surface area contributed by atoms with E-state index in [1.54, 1.807) is 13.0 Å². The summed E-state index contributed by atoms with van der Waals surface area (Å²) in [5, 5.41) is 2.44. The van der Waals surface area contributed by atoms with E-state index in [1.807, 2.05) is 0 Å². The van der Waals surface area contributed by atoms with Crippen molar-refractivity contribution in [2.75, 3.05) is 11.9 Å². The van der Waals surface area contributed by atoms with Crippen molar-refractivity contribution in [2.45, 2.75) is 6.92 Å². The van der Waals surface area contributed by atoms with Gasteiger partial charge in [0.15, 0.2) is 0 Å². The van der Waals surface area contributed by atoms with E-state index in [0.717, 1.165) is 12.1 Å². The molecule has 0 fully saturated rings. The number of halogens is 2. The highest BCUT2D eigenvalue weighted by Gasteiger charge is 2.15. The summed E-state index contributed by atoms with van der Waals surface area (Å²) >= 11 is 0. The van der Waals surface area contributed by atoms with Crippen LogP contribution in [0.2, 0.25) is 0 Å². The predicted molar refractivity (Wildman–Crippen MR) is 78.4 cm³/mol. The molecule has 0 bridgehead atoms. The van der Waals surface area contributed by atoms with E-state index in [-0.39, 0.29) is 12.4 Å². The smallest absolute Gasteiger partial charge is 0.411 e. The molecule has 0 aliphatic heterocycles. The lowest BCUT2D eigenvalue weighted by atomic mass is 10.2. The molecule has 2 rings (SSSR count). The summed E-state index contributed by atoms with van der Waals surface area (Å²) in [6.45, 7) is 1.87. The standard InChI is InChI=1S/C16H13F2NO4/c1-2-22-16(21)19-11-4-3-5-12(9-11)23-15(20)13-7-6-10(17)8-14(13)18/h3-9H,2H2,1H3,(H,19,21). The fraction of sp³-hybridized carbons (Fsp3) is 0.125. The van der Waals surface area contributed by atoms with Crippen LogP contribution in [0.25, 0.3) is 0 Å². The molecular weight excluding hydrogens is 308 g/mol. The van der Waals surface area contributed by atoms with Gasteiger partial charge in [-0.3, -0.25) is 5.32 Å². The number of carbonyl (C=O) groups is 2. The van der Waals surface area contributed by atoms with Crippen molar-refractivity contribution >= 4 is 17.7 Å². The quantitative estimate of drug-likeness (QED) is 0.688. The minimum absolute atomic E-state index is 0.0908. The molecule has 0 saturated carbocycles. The van der Waals surface area contributed by atoms with E-state index in [4.69, 9.17) is 9.47 Å². The number of amides is 1. The van der Waals surface area contributed by atoms with Crippen LogP contribution in [-0.2, 0) is 4.74 Å². The van der Waals surface area contributed by atoms with E-state index in [0.29, 0.717) is 11.8 Å². The number of esters is 1. The van der Waals surface area contributed by atoms with Gasteiger partial charge in [-0.05, 0) is 31.2 Å². The van der Waals surface area contributed by atoms with Crippen molar-refractivity contribution < 1.29 is 27.8 Å². The Hall–Kier alpha value is -2.96. The molecule has 7 heteroatoms. The van der Waals surface area contributed by atoms with Crippen molar-refractivity contribution in [1.29, 1.82) is 0 Å². The number of anilines is 1. The molecule has 0 heterocycles. The molecule has 0 aliphatic carbocycles. The molecular formula is C16H13F2NO4. The van der Waals surface area contributed by atoms with Gasteiger partial charge in [0.25, 0.3) is 0 Å². The SMILES string of the molecule is CCOC(=O)Nc1cccc(OC(=O)c2ccc(F)cc2F)c1. The summed E-state index contributed by atoms with van der Waals surface area (Å²) in [6, 6.07) is 8.46. The van der Waals surface area contributed by atoms with Gasteiger partial charge in [-0.25, -0.2) is 18.4 Å². The number of nitrogens with one attached hydrogen (secondary N) is 1.